The smallest absolute Gasteiger partial charge is 0.237 e. The van der Waals surface area contributed by atoms with Crippen LogP contribution >= 0.6 is 0 Å². The van der Waals surface area contributed by atoms with Gasteiger partial charge in [-0.3, -0.25) is 4.79 Å². The van der Waals surface area contributed by atoms with Crippen molar-refractivity contribution in [1.82, 2.24) is 10.6 Å². The van der Waals surface area contributed by atoms with E-state index in [1.54, 1.807) is 13.8 Å². The molecule has 0 aliphatic heterocycles. The highest BCUT2D eigenvalue weighted by Crippen LogP contribution is 1.96. The fraction of sp³-hybridized carbons (Fsp3) is 0.909. The van der Waals surface area contributed by atoms with E-state index in [9.17, 15) is 4.79 Å². The number of carbonyl (C=O) groups is 1. The van der Waals surface area contributed by atoms with E-state index in [-0.39, 0.29) is 18.0 Å². The molecule has 0 aromatic heterocycles. The molecule has 0 fully saturated rings. The first kappa shape index (κ1) is 14.4. The third-order valence-corrected chi connectivity index (χ3v) is 2.44. The van der Waals surface area contributed by atoms with Gasteiger partial charge in [-0.15, -0.1) is 0 Å². The molecule has 90 valence electrons. The first-order valence-electron chi connectivity index (χ1n) is 5.73. The Balaban J connectivity index is 3.87. The molecule has 4 nitrogen and oxygen atoms in total. The monoisotopic (exact) mass is 216 g/mol. The minimum atomic E-state index is -0.423. The van der Waals surface area contributed by atoms with Crippen LogP contribution in [0.25, 0.3) is 0 Å². The lowest BCUT2D eigenvalue weighted by molar-refractivity contribution is -0.123. The highest BCUT2D eigenvalue weighted by atomic mass is 16.3. The van der Waals surface area contributed by atoms with Gasteiger partial charge in [0.1, 0.15) is 0 Å². The highest BCUT2D eigenvalue weighted by Gasteiger charge is 2.15. The van der Waals surface area contributed by atoms with E-state index in [2.05, 4.69) is 24.5 Å². The fourth-order valence-corrected chi connectivity index (χ4v) is 1.26. The molecule has 0 spiro atoms. The molecule has 0 radical (unpaired) electrons. The van der Waals surface area contributed by atoms with Gasteiger partial charge in [0, 0.05) is 12.6 Å². The van der Waals surface area contributed by atoms with Crippen molar-refractivity contribution in [2.75, 3.05) is 6.54 Å². The summed E-state index contributed by atoms with van der Waals surface area (Å²) in [6.07, 6.45) is 1.48. The lowest BCUT2D eigenvalue weighted by Crippen LogP contribution is -2.47. The van der Waals surface area contributed by atoms with Crippen LogP contribution in [0.1, 0.15) is 40.5 Å². The summed E-state index contributed by atoms with van der Waals surface area (Å²) in [6.45, 7) is 8.06. The summed E-state index contributed by atoms with van der Waals surface area (Å²) in [6, 6.07) is 0.00787. The molecule has 0 saturated carbocycles. The first-order chi connectivity index (χ1) is 7.01. The Kier molecular flexibility index (Phi) is 7.34. The number of carbonyl (C=O) groups excluding carboxylic acids is 1. The maximum absolute atomic E-state index is 11.6. The molecule has 0 bridgehead atoms. The van der Waals surface area contributed by atoms with Gasteiger partial charge in [0.25, 0.3) is 0 Å². The Morgan fingerprint density at radius 2 is 1.80 bits per heavy atom. The van der Waals surface area contributed by atoms with Crippen LogP contribution in [-0.2, 0) is 4.79 Å². The van der Waals surface area contributed by atoms with Crippen LogP contribution in [0.4, 0.5) is 0 Å². The quantitative estimate of drug-likeness (QED) is 0.585. The summed E-state index contributed by atoms with van der Waals surface area (Å²) in [5.41, 5.74) is 0. The fourth-order valence-electron chi connectivity index (χ4n) is 1.26. The van der Waals surface area contributed by atoms with Crippen molar-refractivity contribution in [3.8, 4) is 0 Å². The molecule has 2 atom stereocenters. The normalized spacial score (nSPS) is 15.1. The van der Waals surface area contributed by atoms with Crippen LogP contribution in [0.15, 0.2) is 0 Å². The Morgan fingerprint density at radius 3 is 2.20 bits per heavy atom. The van der Waals surface area contributed by atoms with Gasteiger partial charge in [0.05, 0.1) is 12.1 Å². The Hall–Kier alpha value is -0.610. The van der Waals surface area contributed by atoms with Crippen LogP contribution in [0.5, 0.6) is 0 Å². The zero-order valence-electron chi connectivity index (χ0n) is 10.2. The third-order valence-electron chi connectivity index (χ3n) is 2.44. The molecule has 0 aliphatic carbocycles. The summed E-state index contributed by atoms with van der Waals surface area (Å²) in [5.74, 6) is 0.00403. The maximum atomic E-state index is 11.6. The topological polar surface area (TPSA) is 61.4 Å². The predicted octanol–water partition coefficient (Wildman–Crippen LogP) is 0.650. The van der Waals surface area contributed by atoms with Crippen molar-refractivity contribution in [3.63, 3.8) is 0 Å². The van der Waals surface area contributed by atoms with E-state index < -0.39 is 6.10 Å². The second-order valence-electron chi connectivity index (χ2n) is 4.00. The van der Waals surface area contributed by atoms with Crippen molar-refractivity contribution in [1.29, 1.82) is 0 Å². The minimum absolute atomic E-state index is 0.00403. The molecular formula is C11H24N2O2. The Bertz CT molecular complexity index is 179. The minimum Gasteiger partial charge on any atom is -0.392 e. The average Bonchev–Trinajstić information content (AvgIpc) is 2.21. The van der Waals surface area contributed by atoms with E-state index >= 15 is 0 Å². The molecule has 0 aromatic carbocycles. The van der Waals surface area contributed by atoms with Gasteiger partial charge in [0.2, 0.25) is 5.91 Å². The molecule has 0 saturated heterocycles. The SMILES string of the molecule is CCC(CC)NC(=O)C(C)NCC(C)O. The van der Waals surface area contributed by atoms with E-state index in [0.29, 0.717) is 6.54 Å². The molecule has 15 heavy (non-hydrogen) atoms. The van der Waals surface area contributed by atoms with E-state index in [4.69, 9.17) is 5.11 Å². The van der Waals surface area contributed by atoms with Gasteiger partial charge in [-0.05, 0) is 26.7 Å². The molecule has 0 aromatic rings. The van der Waals surface area contributed by atoms with E-state index in [1.165, 1.54) is 0 Å². The number of hydrogen-bond donors (Lipinski definition) is 3. The van der Waals surface area contributed by atoms with Gasteiger partial charge in [-0.25, -0.2) is 0 Å². The van der Waals surface area contributed by atoms with Crippen molar-refractivity contribution in [3.05, 3.63) is 0 Å². The molecular weight excluding hydrogens is 192 g/mol. The first-order valence-corrected chi connectivity index (χ1v) is 5.73. The predicted molar refractivity (Wildman–Crippen MR) is 61.7 cm³/mol. The van der Waals surface area contributed by atoms with Crippen LogP contribution < -0.4 is 10.6 Å². The van der Waals surface area contributed by atoms with Crippen molar-refractivity contribution in [2.45, 2.75) is 58.7 Å². The standard InChI is InChI=1S/C11H24N2O2/c1-5-10(6-2)13-11(15)9(4)12-7-8(3)14/h8-10,12,14H,5-7H2,1-4H3,(H,13,15). The largest absolute Gasteiger partial charge is 0.392 e. The molecule has 0 heterocycles. The molecule has 1 amide bonds. The number of nitrogens with one attached hydrogen (secondary N) is 2. The molecule has 0 rings (SSSR count). The van der Waals surface area contributed by atoms with Crippen LogP contribution in [-0.4, -0.2) is 35.7 Å². The van der Waals surface area contributed by atoms with Gasteiger partial charge in [-0.2, -0.15) is 0 Å². The number of aliphatic hydroxyl groups excluding tert-OH is 1. The number of rotatable bonds is 7. The summed E-state index contributed by atoms with van der Waals surface area (Å²) < 4.78 is 0. The molecule has 4 heteroatoms. The second-order valence-corrected chi connectivity index (χ2v) is 4.00. The highest BCUT2D eigenvalue weighted by molar-refractivity contribution is 5.81. The summed E-state index contributed by atoms with van der Waals surface area (Å²) >= 11 is 0. The number of amides is 1. The zero-order chi connectivity index (χ0) is 11.8. The maximum Gasteiger partial charge on any atom is 0.237 e. The van der Waals surface area contributed by atoms with Crippen molar-refractivity contribution >= 4 is 5.91 Å². The van der Waals surface area contributed by atoms with Gasteiger partial charge < -0.3 is 15.7 Å². The van der Waals surface area contributed by atoms with Crippen LogP contribution in [0.3, 0.4) is 0 Å². The molecule has 0 aliphatic rings. The summed E-state index contributed by atoms with van der Waals surface area (Å²) in [4.78, 5) is 11.6. The number of aliphatic hydroxyl groups is 1. The van der Waals surface area contributed by atoms with Crippen LogP contribution in [0.2, 0.25) is 0 Å². The molecule has 2 unspecified atom stereocenters. The van der Waals surface area contributed by atoms with Crippen molar-refractivity contribution < 1.29 is 9.90 Å². The summed E-state index contributed by atoms with van der Waals surface area (Å²) in [7, 11) is 0. The Morgan fingerprint density at radius 1 is 1.27 bits per heavy atom. The lowest BCUT2D eigenvalue weighted by atomic mass is 10.1. The Labute approximate surface area is 92.4 Å². The van der Waals surface area contributed by atoms with E-state index in [0.717, 1.165) is 12.8 Å². The van der Waals surface area contributed by atoms with Gasteiger partial charge in [0.15, 0.2) is 0 Å². The number of hydrogen-bond acceptors (Lipinski definition) is 3. The van der Waals surface area contributed by atoms with Gasteiger partial charge >= 0.3 is 0 Å². The lowest BCUT2D eigenvalue weighted by Gasteiger charge is -2.19. The van der Waals surface area contributed by atoms with Gasteiger partial charge in [-0.1, -0.05) is 13.8 Å². The second kappa shape index (κ2) is 7.65. The molecule has 3 N–H and O–H groups in total. The van der Waals surface area contributed by atoms with Crippen molar-refractivity contribution in [2.24, 2.45) is 0 Å². The summed E-state index contributed by atoms with van der Waals surface area (Å²) in [5, 5.41) is 15.0. The zero-order valence-corrected chi connectivity index (χ0v) is 10.2. The van der Waals surface area contributed by atoms with E-state index in [1.807, 2.05) is 0 Å². The van der Waals surface area contributed by atoms with Crippen LogP contribution in [0, 0.1) is 0 Å². The average molecular weight is 216 g/mol. The third kappa shape index (κ3) is 6.47.